The first-order valence-corrected chi connectivity index (χ1v) is 5.39. The van der Waals surface area contributed by atoms with E-state index in [0.29, 0.717) is 6.54 Å². The lowest BCUT2D eigenvalue weighted by Crippen LogP contribution is -2.02. The third kappa shape index (κ3) is 3.87. The average Bonchev–Trinajstić information content (AvgIpc) is 2.21. The molecule has 0 spiro atoms. The van der Waals surface area contributed by atoms with Crippen molar-refractivity contribution in [3.05, 3.63) is 35.4 Å². The maximum absolute atomic E-state index is 5.46. The van der Waals surface area contributed by atoms with Gasteiger partial charge in [0.05, 0.1) is 0 Å². The zero-order valence-electron chi connectivity index (χ0n) is 8.16. The fourth-order valence-electron chi connectivity index (χ4n) is 1.14. The van der Waals surface area contributed by atoms with Gasteiger partial charge in [-0.25, -0.2) is 0 Å². The molecule has 0 unspecified atom stereocenters. The van der Waals surface area contributed by atoms with Crippen molar-refractivity contribution in [2.75, 3.05) is 12.3 Å². The van der Waals surface area contributed by atoms with Crippen LogP contribution >= 0.6 is 12.6 Å². The second-order valence-electron chi connectivity index (χ2n) is 3.01. The summed E-state index contributed by atoms with van der Waals surface area (Å²) < 4.78 is 0. The van der Waals surface area contributed by atoms with Crippen molar-refractivity contribution >= 4 is 12.6 Å². The first kappa shape index (κ1) is 11.2. The maximum Gasteiger partial charge on any atom is 0.0245 e. The molecular weight excluding hydrogens is 190 g/mol. The van der Waals surface area contributed by atoms with Crippen molar-refractivity contribution in [3.63, 3.8) is 0 Å². The molecule has 0 amide bonds. The fraction of sp³-hybridized carbons (Fsp3) is 0.333. The molecule has 0 radical (unpaired) electrons. The Balaban J connectivity index is 2.60. The molecule has 0 aliphatic heterocycles. The van der Waals surface area contributed by atoms with E-state index < -0.39 is 0 Å². The molecule has 0 fully saturated rings. The van der Waals surface area contributed by atoms with Crippen LogP contribution in [0.5, 0.6) is 0 Å². The molecular formula is C12H15NS. The third-order valence-corrected chi connectivity index (χ3v) is 2.08. The molecule has 1 nitrogen and oxygen atoms in total. The molecule has 14 heavy (non-hydrogen) atoms. The Morgan fingerprint density at radius 3 is 2.50 bits per heavy atom. The number of rotatable bonds is 3. The zero-order valence-corrected chi connectivity index (χ0v) is 9.06. The van der Waals surface area contributed by atoms with Crippen molar-refractivity contribution in [2.45, 2.75) is 12.8 Å². The van der Waals surface area contributed by atoms with E-state index in [1.54, 1.807) is 0 Å². The molecule has 1 rings (SSSR count). The summed E-state index contributed by atoms with van der Waals surface area (Å²) in [6.07, 6.45) is 1.78. The van der Waals surface area contributed by atoms with Crippen LogP contribution in [0.4, 0.5) is 0 Å². The molecule has 1 aromatic carbocycles. The number of hydrogen-bond acceptors (Lipinski definition) is 2. The summed E-state index contributed by atoms with van der Waals surface area (Å²) in [6, 6.07) is 8.24. The van der Waals surface area contributed by atoms with Crippen LogP contribution in [0.1, 0.15) is 17.5 Å². The summed E-state index contributed by atoms with van der Waals surface area (Å²) in [6.45, 7) is 0.699. The van der Waals surface area contributed by atoms with E-state index in [4.69, 9.17) is 5.73 Å². The molecule has 0 aliphatic rings. The van der Waals surface area contributed by atoms with E-state index in [1.165, 1.54) is 5.56 Å². The first-order chi connectivity index (χ1) is 6.86. The van der Waals surface area contributed by atoms with Gasteiger partial charge in [0.1, 0.15) is 0 Å². The fourth-order valence-corrected chi connectivity index (χ4v) is 1.25. The lowest BCUT2D eigenvalue weighted by Gasteiger charge is -1.97. The van der Waals surface area contributed by atoms with Gasteiger partial charge < -0.3 is 5.73 Å². The van der Waals surface area contributed by atoms with Crippen molar-refractivity contribution in [3.8, 4) is 11.8 Å². The molecule has 0 bridgehead atoms. The predicted molar refractivity (Wildman–Crippen MR) is 64.5 cm³/mol. The second kappa shape index (κ2) is 6.53. The Kier molecular flexibility index (Phi) is 5.21. The topological polar surface area (TPSA) is 26.0 Å². The van der Waals surface area contributed by atoms with Gasteiger partial charge in [0.25, 0.3) is 0 Å². The minimum Gasteiger partial charge on any atom is -0.330 e. The van der Waals surface area contributed by atoms with Gasteiger partial charge in [-0.15, -0.1) is 0 Å². The molecule has 1 aromatic rings. The highest BCUT2D eigenvalue weighted by atomic mass is 32.1. The van der Waals surface area contributed by atoms with Crippen LogP contribution in [-0.4, -0.2) is 12.3 Å². The SMILES string of the molecule is NCCc1ccc(C#CCCS)cc1. The summed E-state index contributed by atoms with van der Waals surface area (Å²) in [5, 5.41) is 0. The zero-order chi connectivity index (χ0) is 10.2. The maximum atomic E-state index is 5.46. The molecule has 74 valence electrons. The highest BCUT2D eigenvalue weighted by Crippen LogP contribution is 2.03. The number of nitrogens with two attached hydrogens (primary N) is 1. The summed E-state index contributed by atoms with van der Waals surface area (Å²) in [7, 11) is 0. The smallest absolute Gasteiger partial charge is 0.0245 e. The Bertz CT molecular complexity index is 318. The van der Waals surface area contributed by atoms with Crippen molar-refractivity contribution in [2.24, 2.45) is 5.73 Å². The minimum absolute atomic E-state index is 0.699. The number of thiol groups is 1. The molecule has 2 heteroatoms. The highest BCUT2D eigenvalue weighted by Gasteiger charge is 1.90. The Labute approximate surface area is 91.1 Å². The highest BCUT2D eigenvalue weighted by molar-refractivity contribution is 7.80. The summed E-state index contributed by atoms with van der Waals surface area (Å²) in [4.78, 5) is 0. The Morgan fingerprint density at radius 2 is 1.93 bits per heavy atom. The van der Waals surface area contributed by atoms with Crippen LogP contribution in [0.25, 0.3) is 0 Å². The van der Waals surface area contributed by atoms with Gasteiger partial charge in [-0.2, -0.15) is 12.6 Å². The molecule has 2 N–H and O–H groups in total. The molecule has 0 atom stereocenters. The van der Waals surface area contributed by atoms with E-state index >= 15 is 0 Å². The van der Waals surface area contributed by atoms with Crippen LogP contribution in [-0.2, 0) is 6.42 Å². The first-order valence-electron chi connectivity index (χ1n) is 4.75. The van der Waals surface area contributed by atoms with Gasteiger partial charge in [0.2, 0.25) is 0 Å². The van der Waals surface area contributed by atoms with Gasteiger partial charge in [-0.05, 0) is 30.7 Å². The minimum atomic E-state index is 0.699. The lowest BCUT2D eigenvalue weighted by atomic mass is 10.1. The summed E-state index contributed by atoms with van der Waals surface area (Å²) in [5.41, 5.74) is 7.79. The molecule has 0 saturated heterocycles. The molecule has 0 saturated carbocycles. The molecule has 0 aliphatic carbocycles. The summed E-state index contributed by atoms with van der Waals surface area (Å²) in [5.74, 6) is 6.95. The quantitative estimate of drug-likeness (QED) is 0.572. The van der Waals surface area contributed by atoms with Crippen LogP contribution < -0.4 is 5.73 Å². The van der Waals surface area contributed by atoms with Gasteiger partial charge >= 0.3 is 0 Å². The number of hydrogen-bond donors (Lipinski definition) is 2. The summed E-state index contributed by atoms with van der Waals surface area (Å²) >= 11 is 4.09. The van der Waals surface area contributed by atoms with Gasteiger partial charge in [-0.1, -0.05) is 24.0 Å². The van der Waals surface area contributed by atoms with Gasteiger partial charge in [0.15, 0.2) is 0 Å². The molecule has 0 aromatic heterocycles. The van der Waals surface area contributed by atoms with E-state index in [-0.39, 0.29) is 0 Å². The normalized spacial score (nSPS) is 9.29. The monoisotopic (exact) mass is 205 g/mol. The Hall–Kier alpha value is -0.910. The Morgan fingerprint density at radius 1 is 1.21 bits per heavy atom. The standard InChI is InChI=1S/C12H15NS/c13-9-8-12-6-4-11(5-7-12)3-1-2-10-14/h4-7,14H,2,8-10,13H2. The van der Waals surface area contributed by atoms with Gasteiger partial charge in [-0.3, -0.25) is 0 Å². The second-order valence-corrected chi connectivity index (χ2v) is 3.46. The van der Waals surface area contributed by atoms with Gasteiger partial charge in [0, 0.05) is 17.7 Å². The average molecular weight is 205 g/mol. The number of benzene rings is 1. The van der Waals surface area contributed by atoms with Crippen LogP contribution in [0, 0.1) is 11.8 Å². The van der Waals surface area contributed by atoms with Crippen molar-refractivity contribution < 1.29 is 0 Å². The third-order valence-electron chi connectivity index (χ3n) is 1.86. The van der Waals surface area contributed by atoms with Crippen LogP contribution in [0.3, 0.4) is 0 Å². The van der Waals surface area contributed by atoms with E-state index in [0.717, 1.165) is 24.2 Å². The lowest BCUT2D eigenvalue weighted by molar-refractivity contribution is 0.968. The van der Waals surface area contributed by atoms with Crippen LogP contribution in [0.2, 0.25) is 0 Å². The largest absolute Gasteiger partial charge is 0.330 e. The van der Waals surface area contributed by atoms with E-state index in [1.807, 2.05) is 12.1 Å². The predicted octanol–water partition coefficient (Wildman–Crippen LogP) is 1.86. The van der Waals surface area contributed by atoms with E-state index in [9.17, 15) is 0 Å². The van der Waals surface area contributed by atoms with Crippen LogP contribution in [0.15, 0.2) is 24.3 Å². The van der Waals surface area contributed by atoms with Crippen molar-refractivity contribution in [1.29, 1.82) is 0 Å². The van der Waals surface area contributed by atoms with E-state index in [2.05, 4.69) is 36.6 Å². The molecule has 0 heterocycles. The van der Waals surface area contributed by atoms with Crippen molar-refractivity contribution in [1.82, 2.24) is 0 Å².